The van der Waals surface area contributed by atoms with Crippen LogP contribution >= 0.6 is 11.8 Å². The second kappa shape index (κ2) is 8.01. The van der Waals surface area contributed by atoms with Gasteiger partial charge in [-0.2, -0.15) is 9.38 Å². The van der Waals surface area contributed by atoms with Gasteiger partial charge in [0.25, 0.3) is 10.0 Å². The predicted octanol–water partition coefficient (Wildman–Crippen LogP) is 1.94. The normalized spacial score (nSPS) is 20.2. The van der Waals surface area contributed by atoms with E-state index in [0.29, 0.717) is 48.8 Å². The highest BCUT2D eigenvalue weighted by Gasteiger charge is 2.32. The molecule has 3 aromatic rings. The summed E-state index contributed by atoms with van der Waals surface area (Å²) in [6.07, 6.45) is 1.10. The Morgan fingerprint density at radius 1 is 1.25 bits per heavy atom. The minimum absolute atomic E-state index is 0.121. The summed E-state index contributed by atoms with van der Waals surface area (Å²) >= 11 is 1.52. The zero-order valence-electron chi connectivity index (χ0n) is 17.9. The molecule has 12 heteroatoms. The Bertz CT molecular complexity index is 1340. The topological polar surface area (TPSA) is 115 Å². The molecule has 2 aliphatic heterocycles. The highest BCUT2D eigenvalue weighted by molar-refractivity contribution is 8.00. The van der Waals surface area contributed by atoms with Crippen LogP contribution in [0.2, 0.25) is 0 Å². The second-order valence-corrected chi connectivity index (χ2v) is 10.3. The number of anilines is 2. The van der Waals surface area contributed by atoms with Crippen LogP contribution in [0, 0.1) is 0 Å². The molecule has 1 N–H and O–H groups in total. The van der Waals surface area contributed by atoms with Crippen molar-refractivity contribution < 1.29 is 13.2 Å². The molecular formula is C20H23N7O3S2. The number of hydrogen-bond acceptors (Lipinski definition) is 9. The number of nitrogens with zero attached hydrogens (tertiary/aromatic N) is 6. The fourth-order valence-electron chi connectivity index (χ4n) is 3.97. The summed E-state index contributed by atoms with van der Waals surface area (Å²) in [6, 6.07) is 7.87. The summed E-state index contributed by atoms with van der Waals surface area (Å²) in [5.41, 5.74) is 2.65. The number of aromatic nitrogens is 4. The molecule has 2 aromatic heterocycles. The monoisotopic (exact) mass is 473 g/mol. The molecule has 168 valence electrons. The summed E-state index contributed by atoms with van der Waals surface area (Å²) in [5, 5.41) is 3.12. The van der Waals surface area contributed by atoms with Gasteiger partial charge in [-0.05, 0) is 19.1 Å². The van der Waals surface area contributed by atoms with Crippen molar-refractivity contribution in [2.45, 2.75) is 17.9 Å². The zero-order valence-corrected chi connectivity index (χ0v) is 19.6. The van der Waals surface area contributed by atoms with Gasteiger partial charge in [-0.3, -0.25) is 0 Å². The predicted molar refractivity (Wildman–Crippen MR) is 126 cm³/mol. The van der Waals surface area contributed by atoms with Gasteiger partial charge in [-0.25, -0.2) is 23.0 Å². The van der Waals surface area contributed by atoms with Crippen LogP contribution in [0.1, 0.15) is 12.6 Å². The maximum absolute atomic E-state index is 11.9. The number of rotatable bonds is 4. The summed E-state index contributed by atoms with van der Waals surface area (Å²) in [6.45, 7) is 3.97. The van der Waals surface area contributed by atoms with Crippen LogP contribution in [-0.2, 0) is 14.8 Å². The van der Waals surface area contributed by atoms with Gasteiger partial charge < -0.3 is 15.0 Å². The first-order valence-corrected chi connectivity index (χ1v) is 13.0. The lowest BCUT2D eigenvalue weighted by Crippen LogP contribution is -2.44. The molecule has 0 spiro atoms. The van der Waals surface area contributed by atoms with Crippen LogP contribution in [0.15, 0.2) is 33.6 Å². The van der Waals surface area contributed by atoms with Gasteiger partial charge in [0.15, 0.2) is 0 Å². The number of sulfonamides is 1. The molecule has 0 radical (unpaired) electrons. The van der Waals surface area contributed by atoms with Crippen molar-refractivity contribution in [3.05, 3.63) is 30.0 Å². The largest absolute Gasteiger partial charge is 0.377 e. The zero-order chi connectivity index (χ0) is 22.5. The van der Waals surface area contributed by atoms with Gasteiger partial charge >= 0.3 is 0 Å². The lowest BCUT2D eigenvalue weighted by atomic mass is 10.2. The summed E-state index contributed by atoms with van der Waals surface area (Å²) in [4.78, 5) is 17.5. The van der Waals surface area contributed by atoms with E-state index in [-0.39, 0.29) is 6.04 Å². The Morgan fingerprint density at radius 2 is 2.06 bits per heavy atom. The second-order valence-electron chi connectivity index (χ2n) is 7.71. The van der Waals surface area contributed by atoms with Crippen molar-refractivity contribution in [3.63, 3.8) is 0 Å². The molecule has 1 saturated heterocycles. The molecule has 4 heterocycles. The van der Waals surface area contributed by atoms with E-state index in [9.17, 15) is 8.42 Å². The molecule has 10 nitrogen and oxygen atoms in total. The van der Waals surface area contributed by atoms with Gasteiger partial charge in [0.1, 0.15) is 11.5 Å². The molecule has 0 bridgehead atoms. The lowest BCUT2D eigenvalue weighted by molar-refractivity contribution is 0.0982. The van der Waals surface area contributed by atoms with E-state index >= 15 is 0 Å². The minimum Gasteiger partial charge on any atom is -0.377 e. The molecule has 0 amide bonds. The summed E-state index contributed by atoms with van der Waals surface area (Å²) in [7, 11) is -1.77. The quantitative estimate of drug-likeness (QED) is 0.607. The van der Waals surface area contributed by atoms with E-state index in [1.807, 2.05) is 28.8 Å². The first-order chi connectivity index (χ1) is 15.4. The fourth-order valence-corrected chi connectivity index (χ4v) is 5.67. The van der Waals surface area contributed by atoms with Gasteiger partial charge in [0.2, 0.25) is 11.9 Å². The number of benzene rings is 1. The maximum atomic E-state index is 11.9. The third-order valence-electron chi connectivity index (χ3n) is 5.36. The van der Waals surface area contributed by atoms with E-state index in [1.54, 1.807) is 7.05 Å². The molecule has 2 aliphatic rings. The average molecular weight is 474 g/mol. The van der Waals surface area contributed by atoms with Crippen molar-refractivity contribution in [3.8, 4) is 5.95 Å². The number of para-hydroxylation sites is 2. The van der Waals surface area contributed by atoms with Crippen molar-refractivity contribution in [1.82, 2.24) is 19.5 Å². The molecule has 0 unspecified atom stereocenters. The van der Waals surface area contributed by atoms with E-state index in [0.717, 1.165) is 28.0 Å². The van der Waals surface area contributed by atoms with Crippen molar-refractivity contribution >= 4 is 50.3 Å². The average Bonchev–Trinajstić information content (AvgIpc) is 3.33. The molecule has 1 fully saturated rings. The highest BCUT2D eigenvalue weighted by Crippen LogP contribution is 2.40. The van der Waals surface area contributed by atoms with E-state index in [4.69, 9.17) is 14.7 Å². The third-order valence-corrected chi connectivity index (χ3v) is 7.00. The Morgan fingerprint density at radius 3 is 2.81 bits per heavy atom. The fraction of sp³-hybridized carbons (Fsp3) is 0.400. The Balaban J connectivity index is 1.78. The van der Waals surface area contributed by atoms with Crippen LogP contribution in [0.25, 0.3) is 17.0 Å². The van der Waals surface area contributed by atoms with E-state index in [2.05, 4.69) is 26.5 Å². The maximum Gasteiger partial charge on any atom is 0.250 e. The molecular weight excluding hydrogens is 450 g/mol. The Labute approximate surface area is 190 Å². The number of nitrogens with one attached hydrogen (secondary N) is 1. The molecule has 32 heavy (non-hydrogen) atoms. The number of fused-ring (bicyclic) bond motifs is 2. The van der Waals surface area contributed by atoms with Crippen LogP contribution < -0.4 is 10.2 Å². The number of ether oxygens (including phenoxy) is 1. The molecule has 1 aromatic carbocycles. The van der Waals surface area contributed by atoms with Gasteiger partial charge in [0.05, 0.1) is 47.2 Å². The third kappa shape index (κ3) is 3.71. The van der Waals surface area contributed by atoms with E-state index < -0.39 is 10.0 Å². The van der Waals surface area contributed by atoms with Gasteiger partial charge in [0, 0.05) is 19.3 Å². The smallest absolute Gasteiger partial charge is 0.250 e. The van der Waals surface area contributed by atoms with Gasteiger partial charge in [-0.15, -0.1) is 11.8 Å². The number of imidazole rings is 1. The first-order valence-electron chi connectivity index (χ1n) is 10.2. The summed E-state index contributed by atoms with van der Waals surface area (Å²) in [5.74, 6) is 2.21. The van der Waals surface area contributed by atoms with E-state index in [1.165, 1.54) is 11.8 Å². The molecule has 0 saturated carbocycles. The molecule has 1 atom stereocenters. The van der Waals surface area contributed by atoms with Crippen molar-refractivity contribution in [1.29, 1.82) is 0 Å². The Kier molecular flexibility index (Phi) is 5.30. The van der Waals surface area contributed by atoms with Crippen molar-refractivity contribution in [2.24, 2.45) is 4.40 Å². The number of hydrogen-bond donors (Lipinski definition) is 1. The summed E-state index contributed by atoms with van der Waals surface area (Å²) < 4.78 is 35.3. The molecule has 5 rings (SSSR count). The standard InChI is InChI=1S/C20H23N7O3S2/c1-12-10-30-9-8-26(12)18-17-16(14(11-31-17)25-32(3,28)29)23-20(24-18)27-15-7-5-4-6-13(15)22-19(27)21-2/h4-7,12H,8-11H2,1-3H3,(H,21,22)/t12-/m1/s1. The SMILES string of the molecule is CNc1nc2ccccc2n1-c1nc2c(c(N3CCOC[C@H]3C)n1)SCC2=NS(C)(=O)=O. The Hall–Kier alpha value is -2.70. The highest BCUT2D eigenvalue weighted by atomic mass is 32.2. The molecule has 0 aliphatic carbocycles. The van der Waals surface area contributed by atoms with Crippen LogP contribution in [0.4, 0.5) is 11.8 Å². The van der Waals surface area contributed by atoms with Crippen molar-refractivity contribution in [2.75, 3.05) is 49.0 Å². The number of morpholine rings is 1. The van der Waals surface area contributed by atoms with Crippen LogP contribution in [-0.4, -0.2) is 78.5 Å². The first kappa shape index (κ1) is 21.2. The minimum atomic E-state index is -3.56. The number of thioether (sulfide) groups is 1. The lowest BCUT2D eigenvalue weighted by Gasteiger charge is -2.35. The van der Waals surface area contributed by atoms with Crippen LogP contribution in [0.3, 0.4) is 0 Å². The van der Waals surface area contributed by atoms with Gasteiger partial charge in [-0.1, -0.05) is 12.1 Å². The van der Waals surface area contributed by atoms with Crippen LogP contribution in [0.5, 0.6) is 0 Å².